The number of nitrogens with one attached hydrogen (secondary N) is 1. The van der Waals surface area contributed by atoms with E-state index in [1.54, 1.807) is 6.07 Å². The first-order valence-corrected chi connectivity index (χ1v) is 6.41. The molecule has 4 nitrogen and oxygen atoms in total. The highest BCUT2D eigenvalue weighted by atomic mass is 19.1. The summed E-state index contributed by atoms with van der Waals surface area (Å²) in [6.07, 6.45) is 2.61. The van der Waals surface area contributed by atoms with Gasteiger partial charge in [-0.3, -0.25) is 4.79 Å². The fourth-order valence-corrected chi connectivity index (χ4v) is 2.12. The summed E-state index contributed by atoms with van der Waals surface area (Å²) >= 11 is 0. The Labute approximate surface area is 111 Å². The van der Waals surface area contributed by atoms with Crippen LogP contribution in [0.5, 0.6) is 5.75 Å². The summed E-state index contributed by atoms with van der Waals surface area (Å²) in [7, 11) is 1.44. The maximum atomic E-state index is 13.8. The van der Waals surface area contributed by atoms with Gasteiger partial charge in [0.15, 0.2) is 0 Å². The van der Waals surface area contributed by atoms with E-state index in [0.717, 1.165) is 12.8 Å². The summed E-state index contributed by atoms with van der Waals surface area (Å²) in [6.45, 7) is 0.0204. The average molecular weight is 267 g/mol. The van der Waals surface area contributed by atoms with Crippen molar-refractivity contribution in [2.24, 2.45) is 5.92 Å². The molecule has 0 radical (unpaired) electrons. The number of ether oxygens (including phenoxy) is 1. The predicted octanol–water partition coefficient (Wildman–Crippen LogP) is 1.73. The number of rotatable bonds is 6. The van der Waals surface area contributed by atoms with Gasteiger partial charge < -0.3 is 15.2 Å². The predicted molar refractivity (Wildman–Crippen MR) is 68.6 cm³/mol. The highest BCUT2D eigenvalue weighted by molar-refractivity contribution is 5.94. The molecule has 1 atom stereocenters. The molecule has 104 valence electrons. The number of carbonyl (C=O) groups is 1. The van der Waals surface area contributed by atoms with Gasteiger partial charge in [-0.05, 0) is 37.3 Å². The van der Waals surface area contributed by atoms with Crippen molar-refractivity contribution in [3.05, 3.63) is 29.6 Å². The molecule has 1 amide bonds. The zero-order valence-electron chi connectivity index (χ0n) is 10.9. The number of benzene rings is 1. The molecule has 1 saturated carbocycles. The van der Waals surface area contributed by atoms with Crippen molar-refractivity contribution < 1.29 is 19.0 Å². The number of aliphatic hydroxyl groups is 1. The molecule has 0 aromatic heterocycles. The molecule has 0 saturated heterocycles. The Morgan fingerprint density at radius 1 is 1.58 bits per heavy atom. The van der Waals surface area contributed by atoms with Crippen LogP contribution in [-0.2, 0) is 0 Å². The van der Waals surface area contributed by atoms with Crippen molar-refractivity contribution in [3.63, 3.8) is 0 Å². The Kier molecular flexibility index (Phi) is 4.37. The van der Waals surface area contributed by atoms with Crippen molar-refractivity contribution >= 4 is 5.91 Å². The second kappa shape index (κ2) is 6.02. The fourth-order valence-electron chi connectivity index (χ4n) is 2.12. The van der Waals surface area contributed by atoms with Crippen LogP contribution in [0.1, 0.15) is 29.6 Å². The number of amides is 1. The van der Waals surface area contributed by atoms with E-state index in [-0.39, 0.29) is 18.2 Å². The molecular formula is C14H18FNO3. The lowest BCUT2D eigenvalue weighted by Gasteiger charge is -2.17. The molecule has 5 heteroatoms. The molecule has 0 bridgehead atoms. The van der Waals surface area contributed by atoms with E-state index in [1.807, 2.05) is 0 Å². The van der Waals surface area contributed by atoms with Crippen molar-refractivity contribution in [2.75, 3.05) is 13.7 Å². The molecule has 2 rings (SSSR count). The zero-order valence-corrected chi connectivity index (χ0v) is 10.9. The van der Waals surface area contributed by atoms with E-state index in [2.05, 4.69) is 5.32 Å². The van der Waals surface area contributed by atoms with E-state index in [4.69, 9.17) is 9.84 Å². The van der Waals surface area contributed by atoms with E-state index in [9.17, 15) is 9.18 Å². The Balaban J connectivity index is 2.06. The van der Waals surface area contributed by atoms with Gasteiger partial charge in [-0.15, -0.1) is 0 Å². The lowest BCUT2D eigenvalue weighted by atomic mass is 10.1. The molecule has 0 aliphatic heterocycles. The number of aliphatic hydroxyl groups excluding tert-OH is 1. The lowest BCUT2D eigenvalue weighted by molar-refractivity contribution is 0.0920. The number of carbonyl (C=O) groups excluding carboxylic acids is 1. The molecule has 1 aliphatic rings. The molecule has 1 fully saturated rings. The average Bonchev–Trinajstić information content (AvgIpc) is 3.22. The third-order valence-corrected chi connectivity index (χ3v) is 3.37. The van der Waals surface area contributed by atoms with Crippen molar-refractivity contribution in [1.29, 1.82) is 0 Å². The maximum Gasteiger partial charge on any atom is 0.254 e. The normalized spacial score (nSPS) is 15.9. The Hall–Kier alpha value is -1.62. The topological polar surface area (TPSA) is 58.6 Å². The zero-order chi connectivity index (χ0) is 13.8. The van der Waals surface area contributed by atoms with Crippen LogP contribution >= 0.6 is 0 Å². The summed E-state index contributed by atoms with van der Waals surface area (Å²) in [6, 6.07) is 4.08. The second-order valence-electron chi connectivity index (χ2n) is 4.78. The van der Waals surface area contributed by atoms with Crippen LogP contribution in [0.3, 0.4) is 0 Å². The van der Waals surface area contributed by atoms with Crippen molar-refractivity contribution in [3.8, 4) is 5.75 Å². The first-order chi connectivity index (χ1) is 9.15. The quantitative estimate of drug-likeness (QED) is 0.825. The van der Waals surface area contributed by atoms with E-state index in [1.165, 1.54) is 19.2 Å². The number of methoxy groups -OCH3 is 1. The van der Waals surface area contributed by atoms with Crippen LogP contribution in [-0.4, -0.2) is 30.8 Å². The van der Waals surface area contributed by atoms with Crippen LogP contribution in [0.25, 0.3) is 0 Å². The first kappa shape index (κ1) is 13.8. The van der Waals surface area contributed by atoms with Crippen LogP contribution < -0.4 is 10.1 Å². The minimum absolute atomic E-state index is 0.00406. The Bertz CT molecular complexity index is 460. The third-order valence-electron chi connectivity index (χ3n) is 3.37. The Morgan fingerprint density at radius 2 is 2.32 bits per heavy atom. The van der Waals surface area contributed by atoms with Gasteiger partial charge in [0.1, 0.15) is 11.6 Å². The van der Waals surface area contributed by atoms with Crippen molar-refractivity contribution in [2.45, 2.75) is 25.3 Å². The monoisotopic (exact) mass is 267 g/mol. The highest BCUT2D eigenvalue weighted by Crippen LogP contribution is 2.34. The third kappa shape index (κ3) is 3.44. The molecule has 1 aliphatic carbocycles. The van der Waals surface area contributed by atoms with E-state index >= 15 is 0 Å². The van der Waals surface area contributed by atoms with Gasteiger partial charge in [0, 0.05) is 18.7 Å². The number of hydrogen-bond donors (Lipinski definition) is 2. The summed E-state index contributed by atoms with van der Waals surface area (Å²) in [5.41, 5.74) is 0.00406. The molecule has 0 heterocycles. The smallest absolute Gasteiger partial charge is 0.254 e. The largest absolute Gasteiger partial charge is 0.497 e. The lowest BCUT2D eigenvalue weighted by Crippen LogP contribution is -2.37. The van der Waals surface area contributed by atoms with Gasteiger partial charge in [-0.1, -0.05) is 0 Å². The molecule has 2 N–H and O–H groups in total. The van der Waals surface area contributed by atoms with E-state index < -0.39 is 11.7 Å². The van der Waals surface area contributed by atoms with Gasteiger partial charge in [0.05, 0.1) is 12.7 Å². The number of hydrogen-bond acceptors (Lipinski definition) is 3. The summed E-state index contributed by atoms with van der Waals surface area (Å²) in [5.74, 6) is -0.249. The molecule has 0 spiro atoms. The highest BCUT2D eigenvalue weighted by Gasteiger charge is 2.32. The Morgan fingerprint density at radius 3 is 2.84 bits per heavy atom. The second-order valence-corrected chi connectivity index (χ2v) is 4.78. The van der Waals surface area contributed by atoms with Gasteiger partial charge >= 0.3 is 0 Å². The van der Waals surface area contributed by atoms with Crippen LogP contribution in [0.4, 0.5) is 4.39 Å². The van der Waals surface area contributed by atoms with Gasteiger partial charge in [0.2, 0.25) is 0 Å². The molecule has 1 aromatic rings. The summed E-state index contributed by atoms with van der Waals surface area (Å²) < 4.78 is 18.6. The van der Waals surface area contributed by atoms with Gasteiger partial charge in [0.25, 0.3) is 5.91 Å². The maximum absolute atomic E-state index is 13.8. The molecular weight excluding hydrogens is 249 g/mol. The summed E-state index contributed by atoms with van der Waals surface area (Å²) in [5, 5.41) is 11.8. The first-order valence-electron chi connectivity index (χ1n) is 6.41. The molecule has 1 aromatic carbocycles. The van der Waals surface area contributed by atoms with Crippen LogP contribution in [0.2, 0.25) is 0 Å². The molecule has 19 heavy (non-hydrogen) atoms. The summed E-state index contributed by atoms with van der Waals surface area (Å²) in [4.78, 5) is 12.0. The standard InChI is InChI=1S/C14H18FNO3/c1-19-10-4-5-11(12(15)8-10)14(18)16-13(6-7-17)9-2-3-9/h4-5,8-9,13,17H,2-3,6-7H2,1H3,(H,16,18). The van der Waals surface area contributed by atoms with Crippen LogP contribution in [0, 0.1) is 11.7 Å². The van der Waals surface area contributed by atoms with Crippen molar-refractivity contribution in [1.82, 2.24) is 5.32 Å². The van der Waals surface area contributed by atoms with Gasteiger partial charge in [-0.2, -0.15) is 0 Å². The minimum atomic E-state index is -0.601. The fraction of sp³-hybridized carbons (Fsp3) is 0.500. The SMILES string of the molecule is COc1ccc(C(=O)NC(CCO)C2CC2)c(F)c1. The van der Waals surface area contributed by atoms with Gasteiger partial charge in [-0.25, -0.2) is 4.39 Å². The minimum Gasteiger partial charge on any atom is -0.497 e. The van der Waals surface area contributed by atoms with Crippen LogP contribution in [0.15, 0.2) is 18.2 Å². The molecule has 1 unspecified atom stereocenters. The van der Waals surface area contributed by atoms with E-state index in [0.29, 0.717) is 18.1 Å². The number of halogens is 1.